The molecule has 1 aromatic carbocycles. The van der Waals surface area contributed by atoms with Crippen LogP contribution in [0, 0.1) is 0 Å². The molecule has 1 amide bonds. The molecule has 0 aliphatic carbocycles. The fourth-order valence-electron chi connectivity index (χ4n) is 1.62. The first-order chi connectivity index (χ1) is 9.56. The molecule has 0 saturated carbocycles. The van der Waals surface area contributed by atoms with E-state index in [0.717, 1.165) is 5.56 Å². The number of aromatic nitrogens is 2. The van der Waals surface area contributed by atoms with Gasteiger partial charge >= 0.3 is 0 Å². The molecule has 1 unspecified atom stereocenters. The first kappa shape index (κ1) is 14.4. The Bertz CT molecular complexity index is 617. The van der Waals surface area contributed by atoms with Crippen molar-refractivity contribution < 1.29 is 9.90 Å². The third-order valence-electron chi connectivity index (χ3n) is 2.58. The number of rotatable bonds is 4. The van der Waals surface area contributed by atoms with Gasteiger partial charge < -0.3 is 10.4 Å². The Balaban J connectivity index is 2.22. The average molecular weight is 292 g/mol. The summed E-state index contributed by atoms with van der Waals surface area (Å²) < 4.78 is 0. The monoisotopic (exact) mass is 291 g/mol. The number of hydrogen-bond acceptors (Lipinski definition) is 4. The van der Waals surface area contributed by atoms with E-state index in [2.05, 4.69) is 15.3 Å². The van der Waals surface area contributed by atoms with Crippen LogP contribution in [0.1, 0.15) is 17.4 Å². The van der Waals surface area contributed by atoms with Gasteiger partial charge in [0.25, 0.3) is 5.91 Å². The molecule has 2 rings (SSSR count). The SMILES string of the molecule is CC(O)CNC(=O)c1cc(-c2cccc(Cl)c2)ncn1. The summed E-state index contributed by atoms with van der Waals surface area (Å²) in [6, 6.07) is 8.78. The van der Waals surface area contributed by atoms with Crippen LogP contribution < -0.4 is 5.32 Å². The number of carbonyl (C=O) groups excluding carboxylic acids is 1. The predicted octanol–water partition coefficient (Wildman–Crippen LogP) is 1.91. The van der Waals surface area contributed by atoms with Crippen LogP contribution in [0.15, 0.2) is 36.7 Å². The average Bonchev–Trinajstić information content (AvgIpc) is 2.45. The first-order valence-electron chi connectivity index (χ1n) is 6.10. The predicted molar refractivity (Wildman–Crippen MR) is 76.5 cm³/mol. The minimum Gasteiger partial charge on any atom is -0.392 e. The zero-order chi connectivity index (χ0) is 14.5. The summed E-state index contributed by atoms with van der Waals surface area (Å²) in [6.07, 6.45) is 0.723. The Morgan fingerprint density at radius 1 is 1.40 bits per heavy atom. The van der Waals surface area contributed by atoms with Crippen LogP contribution >= 0.6 is 11.6 Å². The quantitative estimate of drug-likeness (QED) is 0.902. The number of nitrogens with zero attached hydrogens (tertiary/aromatic N) is 2. The van der Waals surface area contributed by atoms with E-state index in [1.54, 1.807) is 25.1 Å². The number of aliphatic hydroxyl groups excluding tert-OH is 1. The summed E-state index contributed by atoms with van der Waals surface area (Å²) >= 11 is 5.93. The molecule has 2 N–H and O–H groups in total. The van der Waals surface area contributed by atoms with Gasteiger partial charge in [0, 0.05) is 17.1 Å². The molecule has 20 heavy (non-hydrogen) atoms. The number of hydrogen-bond donors (Lipinski definition) is 2. The molecule has 5 nitrogen and oxygen atoms in total. The number of carbonyl (C=O) groups is 1. The topological polar surface area (TPSA) is 75.1 Å². The van der Waals surface area contributed by atoms with Gasteiger partial charge in [-0.2, -0.15) is 0 Å². The molecule has 1 atom stereocenters. The highest BCUT2D eigenvalue weighted by Crippen LogP contribution is 2.20. The zero-order valence-electron chi connectivity index (χ0n) is 10.9. The van der Waals surface area contributed by atoms with Gasteiger partial charge in [0.2, 0.25) is 0 Å². The summed E-state index contributed by atoms with van der Waals surface area (Å²) in [7, 11) is 0. The molecule has 0 aliphatic heterocycles. The van der Waals surface area contributed by atoms with Crippen LogP contribution in [0.2, 0.25) is 5.02 Å². The standard InChI is InChI=1S/C14H14ClN3O2/c1-9(19)7-16-14(20)13-6-12(17-8-18-13)10-3-2-4-11(15)5-10/h2-6,8-9,19H,7H2,1H3,(H,16,20). The first-order valence-corrected chi connectivity index (χ1v) is 6.48. The molecule has 0 fully saturated rings. The van der Waals surface area contributed by atoms with Crippen molar-refractivity contribution in [1.29, 1.82) is 0 Å². The van der Waals surface area contributed by atoms with Gasteiger partial charge in [0.05, 0.1) is 11.8 Å². The molecule has 0 radical (unpaired) electrons. The van der Waals surface area contributed by atoms with Gasteiger partial charge in [0.15, 0.2) is 0 Å². The van der Waals surface area contributed by atoms with Crippen molar-refractivity contribution in [1.82, 2.24) is 15.3 Å². The minimum absolute atomic E-state index is 0.176. The van der Waals surface area contributed by atoms with E-state index >= 15 is 0 Å². The molecule has 0 spiro atoms. The number of aliphatic hydroxyl groups is 1. The highest BCUT2D eigenvalue weighted by Gasteiger charge is 2.10. The minimum atomic E-state index is -0.604. The van der Waals surface area contributed by atoms with Crippen LogP contribution in [0.3, 0.4) is 0 Å². The lowest BCUT2D eigenvalue weighted by atomic mass is 10.1. The van der Waals surface area contributed by atoms with Gasteiger partial charge in [-0.25, -0.2) is 9.97 Å². The second-order valence-corrected chi connectivity index (χ2v) is 4.79. The molecule has 2 aromatic rings. The second kappa shape index (κ2) is 6.45. The maximum atomic E-state index is 11.9. The van der Waals surface area contributed by atoms with E-state index in [0.29, 0.717) is 10.7 Å². The van der Waals surface area contributed by atoms with Crippen molar-refractivity contribution in [2.75, 3.05) is 6.54 Å². The van der Waals surface area contributed by atoms with Crippen molar-refractivity contribution in [2.45, 2.75) is 13.0 Å². The number of nitrogens with one attached hydrogen (secondary N) is 1. The molecule has 1 aromatic heterocycles. The third-order valence-corrected chi connectivity index (χ3v) is 2.81. The van der Waals surface area contributed by atoms with Gasteiger partial charge in [-0.15, -0.1) is 0 Å². The van der Waals surface area contributed by atoms with E-state index in [1.165, 1.54) is 6.33 Å². The number of amides is 1. The van der Waals surface area contributed by atoms with E-state index in [9.17, 15) is 4.79 Å². The van der Waals surface area contributed by atoms with Crippen molar-refractivity contribution >= 4 is 17.5 Å². The lowest BCUT2D eigenvalue weighted by molar-refractivity contribution is 0.0919. The van der Waals surface area contributed by atoms with Crippen LogP contribution in [0.4, 0.5) is 0 Å². The maximum absolute atomic E-state index is 11.9. The highest BCUT2D eigenvalue weighted by molar-refractivity contribution is 6.30. The van der Waals surface area contributed by atoms with E-state index < -0.39 is 6.10 Å². The third kappa shape index (κ3) is 3.76. The summed E-state index contributed by atoms with van der Waals surface area (Å²) in [6.45, 7) is 1.77. The molecule has 1 heterocycles. The number of halogens is 1. The Kier molecular flexibility index (Phi) is 4.65. The smallest absolute Gasteiger partial charge is 0.270 e. The van der Waals surface area contributed by atoms with E-state index in [-0.39, 0.29) is 18.1 Å². The van der Waals surface area contributed by atoms with Crippen LogP contribution in [-0.4, -0.2) is 33.6 Å². The van der Waals surface area contributed by atoms with Gasteiger partial charge in [0.1, 0.15) is 12.0 Å². The van der Waals surface area contributed by atoms with Crippen molar-refractivity contribution in [3.63, 3.8) is 0 Å². The van der Waals surface area contributed by atoms with Crippen LogP contribution in [0.25, 0.3) is 11.3 Å². The Labute approximate surface area is 121 Å². The van der Waals surface area contributed by atoms with E-state index in [4.69, 9.17) is 16.7 Å². The molecular formula is C14H14ClN3O2. The van der Waals surface area contributed by atoms with Gasteiger partial charge in [-0.3, -0.25) is 4.79 Å². The van der Waals surface area contributed by atoms with Crippen molar-refractivity contribution in [3.05, 3.63) is 47.4 Å². The van der Waals surface area contributed by atoms with Gasteiger partial charge in [-0.1, -0.05) is 23.7 Å². The fourth-order valence-corrected chi connectivity index (χ4v) is 1.81. The summed E-state index contributed by atoms with van der Waals surface area (Å²) in [4.78, 5) is 19.9. The molecular weight excluding hydrogens is 278 g/mol. The fraction of sp³-hybridized carbons (Fsp3) is 0.214. The Morgan fingerprint density at radius 3 is 2.90 bits per heavy atom. The van der Waals surface area contributed by atoms with Crippen molar-refractivity contribution in [2.24, 2.45) is 0 Å². The largest absolute Gasteiger partial charge is 0.392 e. The highest BCUT2D eigenvalue weighted by atomic mass is 35.5. The maximum Gasteiger partial charge on any atom is 0.270 e. The van der Waals surface area contributed by atoms with Crippen LogP contribution in [-0.2, 0) is 0 Å². The van der Waals surface area contributed by atoms with Crippen LogP contribution in [0.5, 0.6) is 0 Å². The molecule has 0 saturated heterocycles. The lowest BCUT2D eigenvalue weighted by Gasteiger charge is -2.07. The summed E-state index contributed by atoms with van der Waals surface area (Å²) in [5, 5.41) is 12.3. The molecule has 0 bridgehead atoms. The Morgan fingerprint density at radius 2 is 2.20 bits per heavy atom. The lowest BCUT2D eigenvalue weighted by Crippen LogP contribution is -2.31. The zero-order valence-corrected chi connectivity index (χ0v) is 11.6. The number of benzene rings is 1. The second-order valence-electron chi connectivity index (χ2n) is 4.36. The van der Waals surface area contributed by atoms with Crippen molar-refractivity contribution in [3.8, 4) is 11.3 Å². The summed E-state index contributed by atoms with van der Waals surface area (Å²) in [5.74, 6) is -0.350. The normalized spacial score (nSPS) is 11.9. The summed E-state index contributed by atoms with van der Waals surface area (Å²) in [5.41, 5.74) is 1.67. The van der Waals surface area contributed by atoms with Gasteiger partial charge in [-0.05, 0) is 25.1 Å². The molecule has 6 heteroatoms. The Hall–Kier alpha value is -1.98. The molecule has 0 aliphatic rings. The molecule has 104 valence electrons. The van der Waals surface area contributed by atoms with E-state index in [1.807, 2.05) is 12.1 Å².